The minimum absolute atomic E-state index is 0.0498. The number of ketones is 1. The number of benzene rings is 1. The number of nitrogens with one attached hydrogen (secondary N) is 2. The third-order valence-electron chi connectivity index (χ3n) is 4.18. The summed E-state index contributed by atoms with van der Waals surface area (Å²) in [6.07, 6.45) is 0.404. The second-order valence-electron chi connectivity index (χ2n) is 6.52. The quantitative estimate of drug-likeness (QED) is 0.748. The van der Waals surface area contributed by atoms with E-state index in [4.69, 9.17) is 0 Å². The van der Waals surface area contributed by atoms with E-state index < -0.39 is 21.8 Å². The first-order valence-electron chi connectivity index (χ1n) is 8.47. The van der Waals surface area contributed by atoms with Crippen molar-refractivity contribution in [3.8, 4) is 0 Å². The summed E-state index contributed by atoms with van der Waals surface area (Å²) in [6.45, 7) is 3.15. The Morgan fingerprint density at radius 1 is 1.19 bits per heavy atom. The lowest BCUT2D eigenvalue weighted by Gasteiger charge is -2.12. The van der Waals surface area contributed by atoms with Crippen molar-refractivity contribution in [3.05, 3.63) is 47.4 Å². The molecule has 27 heavy (non-hydrogen) atoms. The van der Waals surface area contributed by atoms with Crippen LogP contribution < -0.4 is 10.6 Å². The molecule has 1 aromatic heterocycles. The summed E-state index contributed by atoms with van der Waals surface area (Å²) in [5.74, 6) is 0.345. The van der Waals surface area contributed by atoms with Crippen LogP contribution >= 0.6 is 0 Å². The molecule has 0 spiro atoms. The highest BCUT2D eigenvalue weighted by Crippen LogP contribution is 2.18. The van der Waals surface area contributed by atoms with Crippen LogP contribution in [0.1, 0.15) is 40.0 Å². The zero-order valence-electron chi connectivity index (χ0n) is 15.0. The molecule has 1 saturated heterocycles. The van der Waals surface area contributed by atoms with Crippen molar-refractivity contribution in [1.82, 2.24) is 15.3 Å². The van der Waals surface area contributed by atoms with E-state index >= 15 is 0 Å². The maximum atomic E-state index is 12.4. The first-order valence-corrected chi connectivity index (χ1v) is 10.3. The highest BCUT2D eigenvalue weighted by Gasteiger charge is 2.29. The third-order valence-corrected chi connectivity index (χ3v) is 5.95. The van der Waals surface area contributed by atoms with Crippen LogP contribution in [-0.2, 0) is 9.84 Å². The number of aromatic nitrogens is 2. The summed E-state index contributed by atoms with van der Waals surface area (Å²) in [5.41, 5.74) is 1.37. The highest BCUT2D eigenvalue weighted by molar-refractivity contribution is 7.91. The second-order valence-corrected chi connectivity index (χ2v) is 8.75. The molecule has 2 aromatic rings. The Bertz CT molecular complexity index is 1000. The molecule has 0 radical (unpaired) electrons. The van der Waals surface area contributed by atoms with Crippen LogP contribution in [0.3, 0.4) is 0 Å². The number of amides is 1. The molecule has 1 aliphatic rings. The standard InChI is InChI=1S/C18H20N4O4S/c1-11(23)13-4-3-5-14(8-13)21-17-9-16(19-12(2)20-17)18(24)22-15-6-7-27(25,26)10-15/h3-5,8-9,15H,6-7,10H2,1-2H3,(H,22,24)(H,19,20,21). The van der Waals surface area contributed by atoms with Crippen molar-refractivity contribution < 1.29 is 18.0 Å². The van der Waals surface area contributed by atoms with E-state index in [9.17, 15) is 18.0 Å². The van der Waals surface area contributed by atoms with Crippen LogP contribution in [0, 0.1) is 6.92 Å². The lowest BCUT2D eigenvalue weighted by atomic mass is 10.1. The molecule has 2 N–H and O–H groups in total. The topological polar surface area (TPSA) is 118 Å². The van der Waals surface area contributed by atoms with Crippen molar-refractivity contribution in [2.45, 2.75) is 26.3 Å². The minimum atomic E-state index is -3.08. The predicted molar refractivity (Wildman–Crippen MR) is 101 cm³/mol. The Morgan fingerprint density at radius 3 is 2.63 bits per heavy atom. The summed E-state index contributed by atoms with van der Waals surface area (Å²) >= 11 is 0. The van der Waals surface area contributed by atoms with Crippen molar-refractivity contribution >= 4 is 33.0 Å². The maximum Gasteiger partial charge on any atom is 0.270 e. The van der Waals surface area contributed by atoms with Crippen molar-refractivity contribution in [2.75, 3.05) is 16.8 Å². The Hall–Kier alpha value is -2.81. The molecular weight excluding hydrogens is 368 g/mol. The number of aryl methyl sites for hydroxylation is 1. The normalized spacial score (nSPS) is 18.1. The number of Topliss-reactive ketones (excluding diaryl/α,β-unsaturated/α-hetero) is 1. The first kappa shape index (κ1) is 19.0. The fraction of sp³-hybridized carbons (Fsp3) is 0.333. The molecule has 0 saturated carbocycles. The Kier molecular flexibility index (Phi) is 5.22. The van der Waals surface area contributed by atoms with Crippen molar-refractivity contribution in [3.63, 3.8) is 0 Å². The molecule has 1 amide bonds. The molecule has 9 heteroatoms. The SMILES string of the molecule is CC(=O)c1cccc(Nc2cc(C(=O)NC3CCS(=O)(=O)C3)nc(C)n2)c1. The highest BCUT2D eigenvalue weighted by atomic mass is 32.2. The van der Waals surface area contributed by atoms with Crippen molar-refractivity contribution in [1.29, 1.82) is 0 Å². The molecular formula is C18H20N4O4S. The van der Waals surface area contributed by atoms with Gasteiger partial charge in [-0.05, 0) is 32.4 Å². The van der Waals surface area contributed by atoms with Crippen LogP contribution in [0.2, 0.25) is 0 Å². The van der Waals surface area contributed by atoms with Gasteiger partial charge in [0.2, 0.25) is 0 Å². The summed E-state index contributed by atoms with van der Waals surface area (Å²) < 4.78 is 23.1. The van der Waals surface area contributed by atoms with Gasteiger partial charge in [0.25, 0.3) is 5.91 Å². The Labute approximate surface area is 157 Å². The Balaban J connectivity index is 1.77. The lowest BCUT2D eigenvalue weighted by molar-refractivity contribution is 0.0935. The summed E-state index contributed by atoms with van der Waals surface area (Å²) in [7, 11) is -3.08. The largest absolute Gasteiger partial charge is 0.347 e. The second kappa shape index (κ2) is 7.43. The molecule has 1 aliphatic heterocycles. The molecule has 3 rings (SSSR count). The van der Waals surface area contributed by atoms with Gasteiger partial charge in [0.15, 0.2) is 15.6 Å². The van der Waals surface area contributed by atoms with Crippen LogP contribution in [0.15, 0.2) is 30.3 Å². The number of rotatable bonds is 5. The van der Waals surface area contributed by atoms with E-state index in [0.29, 0.717) is 29.3 Å². The molecule has 1 aromatic carbocycles. The number of carbonyl (C=O) groups is 2. The van der Waals surface area contributed by atoms with Crippen LogP contribution in [-0.4, -0.2) is 47.6 Å². The van der Waals surface area contributed by atoms with Gasteiger partial charge in [-0.15, -0.1) is 0 Å². The fourth-order valence-electron chi connectivity index (χ4n) is 2.88. The van der Waals surface area contributed by atoms with E-state index in [1.165, 1.54) is 13.0 Å². The molecule has 1 fully saturated rings. The van der Waals surface area contributed by atoms with Gasteiger partial charge in [-0.25, -0.2) is 18.4 Å². The van der Waals surface area contributed by atoms with Gasteiger partial charge in [0, 0.05) is 23.4 Å². The van der Waals surface area contributed by atoms with Gasteiger partial charge in [-0.2, -0.15) is 0 Å². The third kappa shape index (κ3) is 4.88. The molecule has 142 valence electrons. The number of hydrogen-bond acceptors (Lipinski definition) is 7. The van der Waals surface area contributed by atoms with Gasteiger partial charge >= 0.3 is 0 Å². The van der Waals surface area contributed by atoms with E-state index in [-0.39, 0.29) is 23.0 Å². The number of hydrogen-bond donors (Lipinski definition) is 2. The average molecular weight is 388 g/mol. The summed E-state index contributed by atoms with van der Waals surface area (Å²) in [4.78, 5) is 32.3. The molecule has 0 bridgehead atoms. The van der Waals surface area contributed by atoms with Gasteiger partial charge < -0.3 is 10.6 Å². The lowest BCUT2D eigenvalue weighted by Crippen LogP contribution is -2.36. The predicted octanol–water partition coefficient (Wildman–Crippen LogP) is 1.65. The van der Waals surface area contributed by atoms with Gasteiger partial charge in [0.05, 0.1) is 11.5 Å². The van der Waals surface area contributed by atoms with E-state index in [1.54, 1.807) is 31.2 Å². The van der Waals surface area contributed by atoms with Crippen LogP contribution in [0.5, 0.6) is 0 Å². The van der Waals surface area contributed by atoms with Crippen LogP contribution in [0.25, 0.3) is 0 Å². The summed E-state index contributed by atoms with van der Waals surface area (Å²) in [5, 5.41) is 5.78. The maximum absolute atomic E-state index is 12.4. The van der Waals surface area contributed by atoms with Crippen LogP contribution in [0.4, 0.5) is 11.5 Å². The molecule has 0 aliphatic carbocycles. The van der Waals surface area contributed by atoms with E-state index in [1.807, 2.05) is 0 Å². The number of carbonyl (C=O) groups excluding carboxylic acids is 2. The molecule has 8 nitrogen and oxygen atoms in total. The number of nitrogens with zero attached hydrogens (tertiary/aromatic N) is 2. The fourth-order valence-corrected chi connectivity index (χ4v) is 4.55. The smallest absolute Gasteiger partial charge is 0.270 e. The van der Waals surface area contributed by atoms with Crippen molar-refractivity contribution in [2.24, 2.45) is 0 Å². The average Bonchev–Trinajstić information content (AvgIpc) is 2.93. The monoisotopic (exact) mass is 388 g/mol. The van der Waals surface area contributed by atoms with Gasteiger partial charge in [-0.3, -0.25) is 9.59 Å². The molecule has 1 unspecified atom stereocenters. The zero-order valence-corrected chi connectivity index (χ0v) is 15.8. The molecule has 2 heterocycles. The first-order chi connectivity index (χ1) is 12.7. The number of anilines is 2. The summed E-state index contributed by atoms with van der Waals surface area (Å²) in [6, 6.07) is 8.04. The molecule has 1 atom stereocenters. The van der Waals surface area contributed by atoms with E-state index in [0.717, 1.165) is 0 Å². The minimum Gasteiger partial charge on any atom is -0.347 e. The van der Waals surface area contributed by atoms with Gasteiger partial charge in [-0.1, -0.05) is 12.1 Å². The van der Waals surface area contributed by atoms with Gasteiger partial charge in [0.1, 0.15) is 17.3 Å². The van der Waals surface area contributed by atoms with E-state index in [2.05, 4.69) is 20.6 Å². The number of sulfone groups is 1. The Morgan fingerprint density at radius 2 is 1.96 bits per heavy atom. The zero-order chi connectivity index (χ0) is 19.6.